The topological polar surface area (TPSA) is 35.5 Å². The Labute approximate surface area is 92.1 Å². The largest absolute Gasteiger partial charge is 0.469 e. The van der Waals surface area contributed by atoms with Gasteiger partial charge in [0.1, 0.15) is 0 Å². The van der Waals surface area contributed by atoms with Crippen molar-refractivity contribution in [2.24, 2.45) is 16.7 Å². The van der Waals surface area contributed by atoms with Gasteiger partial charge in [-0.25, -0.2) is 0 Å². The van der Waals surface area contributed by atoms with Gasteiger partial charge in [0, 0.05) is 5.41 Å². The van der Waals surface area contributed by atoms with Crippen molar-refractivity contribution in [1.29, 1.82) is 0 Å². The van der Waals surface area contributed by atoms with Crippen molar-refractivity contribution in [3.63, 3.8) is 0 Å². The van der Waals surface area contributed by atoms with Gasteiger partial charge >= 0.3 is 5.97 Å². The molecule has 1 aliphatic heterocycles. The average molecular weight is 214 g/mol. The minimum atomic E-state index is -0.454. The van der Waals surface area contributed by atoms with Crippen molar-refractivity contribution in [3.8, 4) is 0 Å². The Hall–Kier alpha value is -0.570. The number of hydrogen-bond acceptors (Lipinski definition) is 3. The molecule has 3 nitrogen and oxygen atoms in total. The molecule has 0 amide bonds. The molecule has 1 rings (SSSR count). The van der Waals surface area contributed by atoms with Crippen LogP contribution in [0, 0.1) is 16.7 Å². The van der Waals surface area contributed by atoms with E-state index in [0.29, 0.717) is 19.1 Å². The van der Waals surface area contributed by atoms with E-state index < -0.39 is 5.41 Å². The van der Waals surface area contributed by atoms with Gasteiger partial charge in [0.2, 0.25) is 0 Å². The molecule has 1 saturated heterocycles. The van der Waals surface area contributed by atoms with E-state index in [1.165, 1.54) is 7.11 Å². The van der Waals surface area contributed by atoms with Crippen LogP contribution in [-0.2, 0) is 14.3 Å². The lowest BCUT2D eigenvalue weighted by Crippen LogP contribution is -2.57. The molecule has 0 radical (unpaired) electrons. The molecule has 0 aromatic carbocycles. The second-order valence-corrected chi connectivity index (χ2v) is 5.49. The van der Waals surface area contributed by atoms with E-state index in [1.807, 2.05) is 13.8 Å². The molecule has 0 atom stereocenters. The van der Waals surface area contributed by atoms with Crippen LogP contribution >= 0.6 is 0 Å². The molecule has 1 heterocycles. The molecule has 88 valence electrons. The molecule has 1 aliphatic rings. The lowest BCUT2D eigenvalue weighted by atomic mass is 9.60. The second kappa shape index (κ2) is 4.12. The summed E-state index contributed by atoms with van der Waals surface area (Å²) < 4.78 is 10.2. The standard InChI is InChI=1S/C12H22O3/c1-9(2)6-12(7-15-8-12)11(3,4)10(13)14-5/h9H,6-8H2,1-5H3. The first-order valence-electron chi connectivity index (χ1n) is 5.52. The van der Waals surface area contributed by atoms with Gasteiger partial charge in [-0.3, -0.25) is 4.79 Å². The summed E-state index contributed by atoms with van der Waals surface area (Å²) in [4.78, 5) is 11.8. The molecule has 0 aromatic heterocycles. The van der Waals surface area contributed by atoms with Crippen LogP contribution in [0.15, 0.2) is 0 Å². The quantitative estimate of drug-likeness (QED) is 0.673. The monoisotopic (exact) mass is 214 g/mol. The van der Waals surface area contributed by atoms with Crippen LogP contribution in [0.5, 0.6) is 0 Å². The van der Waals surface area contributed by atoms with Crippen LogP contribution < -0.4 is 0 Å². The first kappa shape index (κ1) is 12.5. The van der Waals surface area contributed by atoms with E-state index in [4.69, 9.17) is 9.47 Å². The highest BCUT2D eigenvalue weighted by Crippen LogP contribution is 2.49. The van der Waals surface area contributed by atoms with E-state index in [9.17, 15) is 4.79 Å². The minimum Gasteiger partial charge on any atom is -0.469 e. The van der Waals surface area contributed by atoms with Crippen molar-refractivity contribution >= 4 is 5.97 Å². The number of ether oxygens (including phenoxy) is 2. The summed E-state index contributed by atoms with van der Waals surface area (Å²) in [5.74, 6) is 0.435. The van der Waals surface area contributed by atoms with Gasteiger partial charge in [0.05, 0.1) is 25.7 Å². The van der Waals surface area contributed by atoms with Crippen molar-refractivity contribution in [1.82, 2.24) is 0 Å². The normalized spacial score (nSPS) is 19.9. The van der Waals surface area contributed by atoms with Gasteiger partial charge in [-0.15, -0.1) is 0 Å². The molecule has 0 bridgehead atoms. The highest BCUT2D eigenvalue weighted by atomic mass is 16.5. The Morgan fingerprint density at radius 2 is 2.00 bits per heavy atom. The molecular weight excluding hydrogens is 192 g/mol. The fourth-order valence-corrected chi connectivity index (χ4v) is 2.34. The van der Waals surface area contributed by atoms with Crippen LogP contribution in [0.1, 0.15) is 34.1 Å². The van der Waals surface area contributed by atoms with Crippen molar-refractivity contribution in [3.05, 3.63) is 0 Å². The summed E-state index contributed by atoms with van der Waals surface area (Å²) in [6.07, 6.45) is 1.01. The average Bonchev–Trinajstić information content (AvgIpc) is 2.09. The van der Waals surface area contributed by atoms with Crippen molar-refractivity contribution < 1.29 is 14.3 Å². The molecule has 0 spiro atoms. The summed E-state index contributed by atoms with van der Waals surface area (Å²) in [5.41, 5.74) is -0.488. The van der Waals surface area contributed by atoms with Gasteiger partial charge in [-0.1, -0.05) is 13.8 Å². The summed E-state index contributed by atoms with van der Waals surface area (Å²) >= 11 is 0. The van der Waals surface area contributed by atoms with Gasteiger partial charge in [0.25, 0.3) is 0 Å². The van der Waals surface area contributed by atoms with Gasteiger partial charge in [-0.05, 0) is 26.2 Å². The fourth-order valence-electron chi connectivity index (χ4n) is 2.34. The number of methoxy groups -OCH3 is 1. The third kappa shape index (κ3) is 2.03. The molecule has 0 aliphatic carbocycles. The summed E-state index contributed by atoms with van der Waals surface area (Å²) in [7, 11) is 1.45. The smallest absolute Gasteiger partial charge is 0.311 e. The summed E-state index contributed by atoms with van der Waals surface area (Å²) in [6, 6.07) is 0. The highest BCUT2D eigenvalue weighted by Gasteiger charge is 2.55. The third-order valence-electron chi connectivity index (χ3n) is 3.58. The molecular formula is C12H22O3. The number of carbonyl (C=O) groups excluding carboxylic acids is 1. The maximum absolute atomic E-state index is 11.8. The van der Waals surface area contributed by atoms with Crippen LogP contribution in [-0.4, -0.2) is 26.3 Å². The van der Waals surface area contributed by atoms with Gasteiger partial charge < -0.3 is 9.47 Å². The first-order valence-corrected chi connectivity index (χ1v) is 5.52. The molecule has 0 unspecified atom stereocenters. The van der Waals surface area contributed by atoms with Crippen LogP contribution in [0.3, 0.4) is 0 Å². The molecule has 15 heavy (non-hydrogen) atoms. The van der Waals surface area contributed by atoms with Crippen LogP contribution in [0.25, 0.3) is 0 Å². The van der Waals surface area contributed by atoms with E-state index in [0.717, 1.165) is 6.42 Å². The Kier molecular flexibility index (Phi) is 3.44. The zero-order valence-electron chi connectivity index (χ0n) is 10.4. The van der Waals surface area contributed by atoms with Gasteiger partial charge in [0.15, 0.2) is 0 Å². The number of rotatable bonds is 4. The zero-order valence-corrected chi connectivity index (χ0v) is 10.4. The second-order valence-electron chi connectivity index (χ2n) is 5.49. The first-order chi connectivity index (χ1) is 6.85. The minimum absolute atomic E-state index is 0.0335. The molecule has 3 heteroatoms. The van der Waals surface area contributed by atoms with E-state index in [-0.39, 0.29) is 11.4 Å². The van der Waals surface area contributed by atoms with E-state index in [1.54, 1.807) is 0 Å². The lowest BCUT2D eigenvalue weighted by Gasteiger charge is -2.51. The highest BCUT2D eigenvalue weighted by molar-refractivity contribution is 5.77. The molecule has 0 saturated carbocycles. The number of hydrogen-bond donors (Lipinski definition) is 0. The fraction of sp³-hybridized carbons (Fsp3) is 0.917. The zero-order chi connectivity index (χ0) is 11.7. The maximum atomic E-state index is 11.8. The lowest BCUT2D eigenvalue weighted by molar-refractivity contribution is -0.204. The number of esters is 1. The summed E-state index contributed by atoms with van der Waals surface area (Å²) in [5, 5.41) is 0. The van der Waals surface area contributed by atoms with Crippen molar-refractivity contribution in [2.45, 2.75) is 34.1 Å². The van der Waals surface area contributed by atoms with Crippen molar-refractivity contribution in [2.75, 3.05) is 20.3 Å². The van der Waals surface area contributed by atoms with Crippen LogP contribution in [0.2, 0.25) is 0 Å². The maximum Gasteiger partial charge on any atom is 0.311 e. The third-order valence-corrected chi connectivity index (χ3v) is 3.58. The molecule has 0 N–H and O–H groups in total. The molecule has 0 aromatic rings. The SMILES string of the molecule is COC(=O)C(C)(C)C1(CC(C)C)COC1. The van der Waals surface area contributed by atoms with Gasteiger partial charge in [-0.2, -0.15) is 0 Å². The van der Waals surface area contributed by atoms with E-state index in [2.05, 4.69) is 13.8 Å². The Balaban J connectivity index is 2.85. The predicted octanol–water partition coefficient (Wildman–Crippen LogP) is 2.25. The van der Waals surface area contributed by atoms with E-state index >= 15 is 0 Å². The molecule has 1 fully saturated rings. The predicted molar refractivity (Wildman–Crippen MR) is 58.5 cm³/mol. The Morgan fingerprint density at radius 3 is 2.27 bits per heavy atom. The van der Waals surface area contributed by atoms with Crippen LogP contribution in [0.4, 0.5) is 0 Å². The Morgan fingerprint density at radius 1 is 1.47 bits per heavy atom. The summed E-state index contributed by atoms with van der Waals surface area (Å²) in [6.45, 7) is 9.62. The Bertz CT molecular complexity index is 239. The number of carbonyl (C=O) groups is 1.